The van der Waals surface area contributed by atoms with Gasteiger partial charge in [-0.1, -0.05) is 26.0 Å². The maximum absolute atomic E-state index is 12.0. The van der Waals surface area contributed by atoms with E-state index in [0.717, 1.165) is 0 Å². The van der Waals surface area contributed by atoms with Crippen LogP contribution in [0.3, 0.4) is 0 Å². The molecule has 1 rings (SSSR count). The lowest BCUT2D eigenvalue weighted by Gasteiger charge is -2.21. The zero-order chi connectivity index (χ0) is 15.0. The molecule has 5 heteroatoms. The second-order valence-corrected chi connectivity index (χ2v) is 4.86. The zero-order valence-corrected chi connectivity index (χ0v) is 11.7. The van der Waals surface area contributed by atoms with Crippen molar-refractivity contribution >= 4 is 11.6 Å². The Labute approximate surface area is 119 Å². The first-order valence-corrected chi connectivity index (χ1v) is 6.48. The summed E-state index contributed by atoms with van der Waals surface area (Å²) in [5, 5.41) is 23.2. The van der Waals surface area contributed by atoms with Crippen molar-refractivity contribution < 1.29 is 4.79 Å². The highest BCUT2D eigenvalue weighted by atomic mass is 16.2. The van der Waals surface area contributed by atoms with Crippen LogP contribution in [0.2, 0.25) is 0 Å². The molecular formula is C15H18N4O. The Morgan fingerprint density at radius 1 is 1.30 bits per heavy atom. The second-order valence-electron chi connectivity index (χ2n) is 4.86. The third kappa shape index (κ3) is 4.62. The van der Waals surface area contributed by atoms with Crippen LogP contribution < -0.4 is 10.6 Å². The van der Waals surface area contributed by atoms with Gasteiger partial charge in [-0.25, -0.2) is 0 Å². The van der Waals surface area contributed by atoms with Gasteiger partial charge in [0.2, 0.25) is 5.91 Å². The van der Waals surface area contributed by atoms with Gasteiger partial charge >= 0.3 is 0 Å². The number of rotatable bonds is 6. The van der Waals surface area contributed by atoms with Gasteiger partial charge in [0.25, 0.3) is 0 Å². The molecule has 0 unspecified atom stereocenters. The highest BCUT2D eigenvalue weighted by Crippen LogP contribution is 2.17. The number of carbonyl (C=O) groups excluding carboxylic acids is 1. The maximum atomic E-state index is 12.0. The summed E-state index contributed by atoms with van der Waals surface area (Å²) in [4.78, 5) is 12.0. The molecule has 1 atom stereocenters. The molecule has 0 radical (unpaired) electrons. The molecule has 0 aliphatic rings. The smallest absolute Gasteiger partial charge is 0.243 e. The lowest BCUT2D eigenvalue weighted by Crippen LogP contribution is -2.40. The summed E-state index contributed by atoms with van der Waals surface area (Å²) < 4.78 is 0. The lowest BCUT2D eigenvalue weighted by atomic mass is 10.0. The minimum Gasteiger partial charge on any atom is -0.373 e. The van der Waals surface area contributed by atoms with Gasteiger partial charge < -0.3 is 10.6 Å². The van der Waals surface area contributed by atoms with Crippen LogP contribution >= 0.6 is 0 Å². The van der Waals surface area contributed by atoms with E-state index in [1.807, 2.05) is 26.0 Å². The van der Waals surface area contributed by atoms with Gasteiger partial charge in [-0.15, -0.1) is 0 Å². The van der Waals surface area contributed by atoms with Crippen LogP contribution in [0.5, 0.6) is 0 Å². The summed E-state index contributed by atoms with van der Waals surface area (Å²) in [6, 6.07) is 10.6. The molecule has 0 bridgehead atoms. The molecule has 0 saturated heterocycles. The van der Waals surface area contributed by atoms with Crippen molar-refractivity contribution in [3.63, 3.8) is 0 Å². The van der Waals surface area contributed by atoms with Crippen molar-refractivity contribution in [2.45, 2.75) is 26.3 Å². The number of anilines is 1. The van der Waals surface area contributed by atoms with E-state index < -0.39 is 6.04 Å². The Morgan fingerprint density at radius 3 is 2.60 bits per heavy atom. The predicted molar refractivity (Wildman–Crippen MR) is 76.6 cm³/mol. The minimum absolute atomic E-state index is 0.0188. The van der Waals surface area contributed by atoms with Crippen molar-refractivity contribution in [1.29, 1.82) is 10.5 Å². The summed E-state index contributed by atoms with van der Waals surface area (Å²) >= 11 is 0. The molecule has 0 spiro atoms. The predicted octanol–water partition coefficient (Wildman–Crippen LogP) is 2.02. The first-order chi connectivity index (χ1) is 9.58. The van der Waals surface area contributed by atoms with E-state index in [9.17, 15) is 4.79 Å². The third-order valence-corrected chi connectivity index (χ3v) is 2.74. The monoisotopic (exact) mass is 270 g/mol. The Balaban J connectivity index is 2.87. The number of nitrogens with zero attached hydrogens (tertiary/aromatic N) is 2. The van der Waals surface area contributed by atoms with Gasteiger partial charge in [0.15, 0.2) is 0 Å². The SMILES string of the molecule is CC(C)C[C@H](Nc1ccccc1C#N)C(=O)NCC#N. The number of para-hydroxylation sites is 1. The molecule has 104 valence electrons. The fraction of sp³-hybridized carbons (Fsp3) is 0.400. The molecule has 20 heavy (non-hydrogen) atoms. The van der Waals surface area contributed by atoms with Gasteiger partial charge in [-0.05, 0) is 24.5 Å². The maximum Gasteiger partial charge on any atom is 0.243 e. The van der Waals surface area contributed by atoms with Crippen LogP contribution in [-0.4, -0.2) is 18.5 Å². The van der Waals surface area contributed by atoms with E-state index in [1.54, 1.807) is 18.2 Å². The molecule has 5 nitrogen and oxygen atoms in total. The summed E-state index contributed by atoms with van der Waals surface area (Å²) in [5.41, 5.74) is 1.13. The van der Waals surface area contributed by atoms with Gasteiger partial charge in [0.05, 0.1) is 17.3 Å². The van der Waals surface area contributed by atoms with Gasteiger partial charge in [-0.3, -0.25) is 4.79 Å². The van der Waals surface area contributed by atoms with Crippen molar-refractivity contribution in [2.24, 2.45) is 5.92 Å². The number of hydrogen-bond donors (Lipinski definition) is 2. The molecule has 1 amide bonds. The van der Waals surface area contributed by atoms with Gasteiger partial charge in [-0.2, -0.15) is 10.5 Å². The third-order valence-electron chi connectivity index (χ3n) is 2.74. The summed E-state index contributed by atoms with van der Waals surface area (Å²) in [6.07, 6.45) is 0.622. The van der Waals surface area contributed by atoms with Gasteiger partial charge in [0, 0.05) is 0 Å². The van der Waals surface area contributed by atoms with Crippen molar-refractivity contribution in [1.82, 2.24) is 5.32 Å². The molecule has 0 aliphatic carbocycles. The average molecular weight is 270 g/mol. The first kappa shape index (κ1) is 15.5. The van der Waals surface area contributed by atoms with Gasteiger partial charge in [0.1, 0.15) is 18.7 Å². The quantitative estimate of drug-likeness (QED) is 0.774. The molecule has 0 aromatic heterocycles. The number of carbonyl (C=O) groups is 1. The number of amides is 1. The van der Waals surface area contributed by atoms with Crippen molar-refractivity contribution in [3.8, 4) is 12.1 Å². The molecular weight excluding hydrogens is 252 g/mol. The van der Waals surface area contributed by atoms with E-state index in [-0.39, 0.29) is 12.5 Å². The first-order valence-electron chi connectivity index (χ1n) is 6.48. The van der Waals surface area contributed by atoms with E-state index in [2.05, 4.69) is 16.7 Å². The highest BCUT2D eigenvalue weighted by molar-refractivity contribution is 5.85. The average Bonchev–Trinajstić information content (AvgIpc) is 2.44. The standard InChI is InChI=1S/C15H18N4O/c1-11(2)9-14(15(20)18-8-7-16)19-13-6-4-3-5-12(13)10-17/h3-6,11,14,19H,8-9H2,1-2H3,(H,18,20)/t14-/m0/s1. The van der Waals surface area contributed by atoms with E-state index >= 15 is 0 Å². The van der Waals surface area contributed by atoms with Crippen LogP contribution in [-0.2, 0) is 4.79 Å². The fourth-order valence-electron chi connectivity index (χ4n) is 1.85. The fourth-order valence-corrected chi connectivity index (χ4v) is 1.85. The normalized spacial score (nSPS) is 11.2. The molecule has 0 fully saturated rings. The Morgan fingerprint density at radius 2 is 2.00 bits per heavy atom. The van der Waals surface area contributed by atoms with Crippen LogP contribution in [0.15, 0.2) is 24.3 Å². The second kappa shape index (κ2) is 7.81. The molecule has 0 saturated carbocycles. The van der Waals surface area contributed by atoms with Crippen LogP contribution in [0.1, 0.15) is 25.8 Å². The topological polar surface area (TPSA) is 88.7 Å². The van der Waals surface area contributed by atoms with Crippen LogP contribution in [0, 0.1) is 28.6 Å². The van der Waals surface area contributed by atoms with E-state index in [4.69, 9.17) is 10.5 Å². The zero-order valence-electron chi connectivity index (χ0n) is 11.7. The number of benzene rings is 1. The van der Waals surface area contributed by atoms with Crippen molar-refractivity contribution in [3.05, 3.63) is 29.8 Å². The van der Waals surface area contributed by atoms with E-state index in [0.29, 0.717) is 23.6 Å². The van der Waals surface area contributed by atoms with Crippen LogP contribution in [0.25, 0.3) is 0 Å². The minimum atomic E-state index is -0.460. The number of nitriles is 2. The largest absolute Gasteiger partial charge is 0.373 e. The molecule has 0 heterocycles. The van der Waals surface area contributed by atoms with Crippen LogP contribution in [0.4, 0.5) is 5.69 Å². The molecule has 1 aromatic carbocycles. The Bertz CT molecular complexity index is 540. The summed E-state index contributed by atoms with van der Waals surface area (Å²) in [5.74, 6) is 0.0857. The van der Waals surface area contributed by atoms with E-state index in [1.165, 1.54) is 0 Å². The molecule has 1 aromatic rings. The highest BCUT2D eigenvalue weighted by Gasteiger charge is 2.20. The summed E-state index contributed by atoms with van der Waals surface area (Å²) in [6.45, 7) is 4.01. The van der Waals surface area contributed by atoms with Crippen molar-refractivity contribution in [2.75, 3.05) is 11.9 Å². The summed E-state index contributed by atoms with van der Waals surface area (Å²) in [7, 11) is 0. The lowest BCUT2D eigenvalue weighted by molar-refractivity contribution is -0.121. The Kier molecular flexibility index (Phi) is 6.06. The molecule has 0 aliphatic heterocycles. The molecule has 2 N–H and O–H groups in total. The number of nitrogens with one attached hydrogen (secondary N) is 2. The Hall–Kier alpha value is -2.53. The number of hydrogen-bond acceptors (Lipinski definition) is 4.